The van der Waals surface area contributed by atoms with Crippen molar-refractivity contribution in [2.45, 2.75) is 6.92 Å². The molecule has 1 N–H and O–H groups in total. The summed E-state index contributed by atoms with van der Waals surface area (Å²) in [5.41, 5.74) is 1.13. The molecule has 0 bridgehead atoms. The standard InChI is InChI=1S/C17H17N3O4/c1-2-23-12-3-5-13(6-4-12)24-11-17(22)20-10-16(21)19-14-9-18-8-7-15(14)20/h3-9H,2,10-11H2,1H3,(H,19,21). The number of fused-ring (bicyclic) bond motifs is 1. The van der Waals surface area contributed by atoms with Crippen molar-refractivity contribution in [3.8, 4) is 11.5 Å². The zero-order chi connectivity index (χ0) is 16.9. The normalized spacial score (nSPS) is 13.0. The number of nitrogens with zero attached hydrogens (tertiary/aromatic N) is 2. The van der Waals surface area contributed by atoms with Crippen LogP contribution in [0.5, 0.6) is 11.5 Å². The van der Waals surface area contributed by atoms with Gasteiger partial charge >= 0.3 is 0 Å². The maximum Gasteiger partial charge on any atom is 0.265 e. The first-order chi connectivity index (χ1) is 11.7. The number of amides is 2. The number of anilines is 2. The Morgan fingerprint density at radius 2 is 1.92 bits per heavy atom. The molecule has 0 fully saturated rings. The van der Waals surface area contributed by atoms with E-state index in [1.54, 1.807) is 36.5 Å². The molecule has 7 nitrogen and oxygen atoms in total. The second-order valence-corrected chi connectivity index (χ2v) is 5.11. The van der Waals surface area contributed by atoms with Gasteiger partial charge in [-0.3, -0.25) is 19.5 Å². The van der Waals surface area contributed by atoms with Gasteiger partial charge in [0.25, 0.3) is 5.91 Å². The second-order valence-electron chi connectivity index (χ2n) is 5.11. The lowest BCUT2D eigenvalue weighted by Gasteiger charge is -2.28. The van der Waals surface area contributed by atoms with Crippen LogP contribution in [0.3, 0.4) is 0 Å². The van der Waals surface area contributed by atoms with Crippen LogP contribution in [0.2, 0.25) is 0 Å². The van der Waals surface area contributed by atoms with Gasteiger partial charge in [0, 0.05) is 6.20 Å². The van der Waals surface area contributed by atoms with Crippen LogP contribution in [-0.4, -0.2) is 36.6 Å². The summed E-state index contributed by atoms with van der Waals surface area (Å²) in [7, 11) is 0. The van der Waals surface area contributed by atoms with E-state index in [1.165, 1.54) is 11.1 Å². The van der Waals surface area contributed by atoms with E-state index in [1.807, 2.05) is 6.92 Å². The number of pyridine rings is 1. The molecule has 7 heteroatoms. The third-order valence-electron chi connectivity index (χ3n) is 3.46. The summed E-state index contributed by atoms with van der Waals surface area (Å²) < 4.78 is 10.9. The molecule has 0 spiro atoms. The highest BCUT2D eigenvalue weighted by Gasteiger charge is 2.27. The fourth-order valence-corrected chi connectivity index (χ4v) is 2.38. The van der Waals surface area contributed by atoms with Gasteiger partial charge in [-0.05, 0) is 37.3 Å². The Bertz CT molecular complexity index is 746. The van der Waals surface area contributed by atoms with Gasteiger partial charge in [0.05, 0.1) is 24.2 Å². The molecule has 2 heterocycles. The van der Waals surface area contributed by atoms with Crippen molar-refractivity contribution in [1.82, 2.24) is 4.98 Å². The lowest BCUT2D eigenvalue weighted by atomic mass is 10.2. The fourth-order valence-electron chi connectivity index (χ4n) is 2.38. The minimum Gasteiger partial charge on any atom is -0.494 e. The molecular formula is C17H17N3O4. The number of benzene rings is 1. The Hall–Kier alpha value is -3.09. The smallest absolute Gasteiger partial charge is 0.265 e. The summed E-state index contributed by atoms with van der Waals surface area (Å²) in [4.78, 5) is 29.5. The highest BCUT2D eigenvalue weighted by atomic mass is 16.5. The van der Waals surface area contributed by atoms with Crippen molar-refractivity contribution in [2.24, 2.45) is 0 Å². The maximum absolute atomic E-state index is 12.4. The minimum atomic E-state index is -0.300. The van der Waals surface area contributed by atoms with Gasteiger partial charge in [-0.1, -0.05) is 0 Å². The molecule has 2 amide bonds. The van der Waals surface area contributed by atoms with Crippen molar-refractivity contribution in [3.63, 3.8) is 0 Å². The molecule has 0 radical (unpaired) electrons. The Balaban J connectivity index is 1.66. The SMILES string of the molecule is CCOc1ccc(OCC(=O)N2CC(=O)Nc3cnccc32)cc1. The van der Waals surface area contributed by atoms with Crippen LogP contribution in [-0.2, 0) is 9.59 Å². The molecule has 0 atom stereocenters. The lowest BCUT2D eigenvalue weighted by molar-refractivity contribution is -0.123. The molecular weight excluding hydrogens is 310 g/mol. The maximum atomic E-state index is 12.4. The van der Waals surface area contributed by atoms with Crippen LogP contribution in [0.1, 0.15) is 6.92 Å². The summed E-state index contributed by atoms with van der Waals surface area (Å²) in [5, 5.41) is 2.69. The van der Waals surface area contributed by atoms with Crippen molar-refractivity contribution in [2.75, 3.05) is 30.0 Å². The number of rotatable bonds is 5. The zero-order valence-corrected chi connectivity index (χ0v) is 13.2. The third kappa shape index (κ3) is 3.45. The number of ether oxygens (including phenoxy) is 2. The van der Waals surface area contributed by atoms with Crippen LogP contribution in [0.4, 0.5) is 11.4 Å². The lowest BCUT2D eigenvalue weighted by Crippen LogP contribution is -2.44. The summed E-state index contributed by atoms with van der Waals surface area (Å²) in [6, 6.07) is 8.71. The number of nitrogens with one attached hydrogen (secondary N) is 1. The summed E-state index contributed by atoms with van der Waals surface area (Å²) in [5.74, 6) is 0.740. The van der Waals surface area contributed by atoms with E-state index in [2.05, 4.69) is 10.3 Å². The van der Waals surface area contributed by atoms with Crippen LogP contribution >= 0.6 is 0 Å². The molecule has 124 valence electrons. The van der Waals surface area contributed by atoms with Gasteiger partial charge in [0.15, 0.2) is 6.61 Å². The summed E-state index contributed by atoms with van der Waals surface area (Å²) in [6.45, 7) is 2.29. The van der Waals surface area contributed by atoms with Gasteiger partial charge in [0.2, 0.25) is 5.91 Å². The van der Waals surface area contributed by atoms with Gasteiger partial charge in [0.1, 0.15) is 18.0 Å². The van der Waals surface area contributed by atoms with Crippen LogP contribution in [0, 0.1) is 0 Å². The monoisotopic (exact) mass is 327 g/mol. The first-order valence-electron chi connectivity index (χ1n) is 7.57. The Labute approximate surface area is 139 Å². The predicted octanol–water partition coefficient (Wildman–Crippen LogP) is 1.84. The topological polar surface area (TPSA) is 80.8 Å². The molecule has 0 unspecified atom stereocenters. The number of aromatic nitrogens is 1. The molecule has 0 saturated carbocycles. The van der Waals surface area contributed by atoms with Crippen LogP contribution < -0.4 is 19.7 Å². The predicted molar refractivity (Wildman–Crippen MR) is 88.3 cm³/mol. The Morgan fingerprint density at radius 1 is 1.21 bits per heavy atom. The van der Waals surface area contributed by atoms with E-state index in [4.69, 9.17) is 9.47 Å². The van der Waals surface area contributed by atoms with Gasteiger partial charge in [-0.15, -0.1) is 0 Å². The molecule has 0 saturated heterocycles. The van der Waals surface area contributed by atoms with Gasteiger partial charge in [-0.2, -0.15) is 0 Å². The molecule has 3 rings (SSSR count). The number of hydrogen-bond acceptors (Lipinski definition) is 5. The quantitative estimate of drug-likeness (QED) is 0.906. The van der Waals surface area contributed by atoms with Crippen molar-refractivity contribution in [3.05, 3.63) is 42.7 Å². The van der Waals surface area contributed by atoms with Crippen LogP contribution in [0.15, 0.2) is 42.7 Å². The minimum absolute atomic E-state index is 0.0392. The molecule has 1 aliphatic heterocycles. The Kier molecular flexibility index (Phi) is 4.60. The number of hydrogen-bond donors (Lipinski definition) is 1. The largest absolute Gasteiger partial charge is 0.494 e. The van der Waals surface area contributed by atoms with E-state index in [0.717, 1.165) is 5.75 Å². The van der Waals surface area contributed by atoms with Crippen molar-refractivity contribution < 1.29 is 19.1 Å². The highest BCUT2D eigenvalue weighted by Crippen LogP contribution is 2.28. The van der Waals surface area contributed by atoms with Crippen molar-refractivity contribution >= 4 is 23.2 Å². The van der Waals surface area contributed by atoms with Gasteiger partial charge < -0.3 is 14.8 Å². The third-order valence-corrected chi connectivity index (χ3v) is 3.46. The van der Waals surface area contributed by atoms with E-state index in [-0.39, 0.29) is 25.0 Å². The average Bonchev–Trinajstić information content (AvgIpc) is 2.60. The Morgan fingerprint density at radius 3 is 2.62 bits per heavy atom. The number of carbonyl (C=O) groups excluding carboxylic acids is 2. The van der Waals surface area contributed by atoms with E-state index < -0.39 is 0 Å². The molecule has 1 aromatic heterocycles. The molecule has 1 aliphatic rings. The average molecular weight is 327 g/mol. The molecule has 1 aromatic carbocycles. The van der Waals surface area contributed by atoms with Gasteiger partial charge in [-0.25, -0.2) is 0 Å². The molecule has 24 heavy (non-hydrogen) atoms. The first-order valence-corrected chi connectivity index (χ1v) is 7.57. The molecule has 0 aliphatic carbocycles. The van der Waals surface area contributed by atoms with Crippen molar-refractivity contribution in [1.29, 1.82) is 0 Å². The molecule has 2 aromatic rings. The number of carbonyl (C=O) groups is 2. The van der Waals surface area contributed by atoms with E-state index >= 15 is 0 Å². The second kappa shape index (κ2) is 6.99. The first kappa shape index (κ1) is 15.8. The van der Waals surface area contributed by atoms with Crippen LogP contribution in [0.25, 0.3) is 0 Å². The summed E-state index contributed by atoms with van der Waals surface area (Å²) in [6.07, 6.45) is 3.09. The van der Waals surface area contributed by atoms with E-state index in [0.29, 0.717) is 23.7 Å². The van der Waals surface area contributed by atoms with E-state index in [9.17, 15) is 9.59 Å². The summed E-state index contributed by atoms with van der Waals surface area (Å²) >= 11 is 0. The zero-order valence-electron chi connectivity index (χ0n) is 13.2. The highest BCUT2D eigenvalue weighted by molar-refractivity contribution is 6.10. The fraction of sp³-hybridized carbons (Fsp3) is 0.235.